The molecule has 6 heterocycles. The number of aromatic nitrogens is 2. The normalized spacial score (nSPS) is 21.5. The van der Waals surface area contributed by atoms with Gasteiger partial charge in [-0.15, -0.1) is 0 Å². The van der Waals surface area contributed by atoms with E-state index < -0.39 is 47.2 Å². The molecule has 4 atom stereocenters. The number of hydrazine groups is 1. The van der Waals surface area contributed by atoms with Crippen molar-refractivity contribution in [3.05, 3.63) is 71.5 Å². The average molecular weight is 889 g/mol. The molecule has 4 aromatic rings. The molecule has 4 aliphatic heterocycles. The van der Waals surface area contributed by atoms with E-state index >= 15 is 0 Å². The smallest absolute Gasteiger partial charge is 0.324 e. The highest BCUT2D eigenvalue weighted by Gasteiger charge is 2.42. The van der Waals surface area contributed by atoms with Crippen molar-refractivity contribution < 1.29 is 33.8 Å². The number of ether oxygens (including phenoxy) is 1. The molecule has 2 aromatic heterocycles. The molecule has 8 rings (SSSR count). The maximum Gasteiger partial charge on any atom is 0.324 e. The number of aromatic hydroxyl groups is 1. The van der Waals surface area contributed by atoms with Crippen molar-refractivity contribution in [2.75, 3.05) is 46.4 Å². The number of fused-ring (bicyclic) bond motifs is 6. The van der Waals surface area contributed by atoms with Gasteiger partial charge in [0, 0.05) is 87.0 Å². The number of esters is 1. The predicted octanol–water partition coefficient (Wildman–Crippen LogP) is 5.55. The number of phenols is 1. The van der Waals surface area contributed by atoms with Crippen LogP contribution in [0.25, 0.3) is 33.3 Å². The van der Waals surface area contributed by atoms with E-state index in [1.807, 2.05) is 38.4 Å². The van der Waals surface area contributed by atoms with E-state index in [9.17, 15) is 29.1 Å². The molecule has 3 fully saturated rings. The number of carbonyl (C=O) groups is 5. The molecule has 6 bridgehead atoms. The molecular formula is C50H64N8O7. The summed E-state index contributed by atoms with van der Waals surface area (Å²) in [7, 11) is 1.61. The fraction of sp³-hybridized carbons (Fsp3) is 0.520. The van der Waals surface area contributed by atoms with Crippen molar-refractivity contribution in [2.45, 2.75) is 105 Å². The second kappa shape index (κ2) is 18.5. The molecule has 15 heteroatoms. The van der Waals surface area contributed by atoms with Crippen LogP contribution in [0.3, 0.4) is 0 Å². The number of carbonyl (C=O) groups excluding carboxylic acids is 5. The van der Waals surface area contributed by atoms with Gasteiger partial charge in [0.25, 0.3) is 5.91 Å². The van der Waals surface area contributed by atoms with E-state index in [0.717, 1.165) is 58.4 Å². The molecule has 4 aliphatic rings. The fourth-order valence-corrected chi connectivity index (χ4v) is 10.1. The fourth-order valence-electron chi connectivity index (χ4n) is 10.1. The standard InChI is InChI=1S/C50H64N8O7/c1-8-32-14-16-51-27-39(32)44-38-26-50(5,6)29-65-48(63)40-11-10-17-58(53-40)47(62)41(23-31-21-35(24-36(59)22-31)33-12-13-42(37(38)25-33)57(44)9-2)52-45(60)43(30(3)4)54(7)46(61)34-15-18-56(28-34)49(64)55-19-20-55/h12-14,16,21-22,24-25,27,30,34,40-41,43,53,59H,8-11,15,17-20,23,26,28-29H2,1-7H3,(H,52,60)/t34-,40-,41-,43-/m0/s1. The second-order valence-electron chi connectivity index (χ2n) is 19.4. The van der Waals surface area contributed by atoms with Crippen molar-refractivity contribution in [1.29, 1.82) is 0 Å². The summed E-state index contributed by atoms with van der Waals surface area (Å²) in [6.45, 7) is 15.5. The number of likely N-dealkylation sites (tertiary alicyclic amines) is 1. The summed E-state index contributed by atoms with van der Waals surface area (Å²) in [5.74, 6) is -2.43. The number of nitrogens with zero attached hydrogens (tertiary/aromatic N) is 6. The van der Waals surface area contributed by atoms with Crippen LogP contribution in [0.4, 0.5) is 4.79 Å². The van der Waals surface area contributed by atoms with Crippen molar-refractivity contribution >= 4 is 40.6 Å². The minimum atomic E-state index is -1.14. The van der Waals surface area contributed by atoms with Crippen LogP contribution in [0.5, 0.6) is 5.75 Å². The van der Waals surface area contributed by atoms with Gasteiger partial charge in [-0.05, 0) is 103 Å². The minimum absolute atomic E-state index is 0.00696. The zero-order valence-corrected chi connectivity index (χ0v) is 38.9. The van der Waals surface area contributed by atoms with Gasteiger partial charge in [0.1, 0.15) is 23.9 Å². The molecule has 65 heavy (non-hydrogen) atoms. The third-order valence-electron chi connectivity index (χ3n) is 13.6. The van der Waals surface area contributed by atoms with Crippen LogP contribution in [0.2, 0.25) is 0 Å². The van der Waals surface area contributed by atoms with Crippen LogP contribution >= 0.6 is 0 Å². The number of cyclic esters (lactones) is 1. The average Bonchev–Trinajstić information content (AvgIpc) is 3.95. The lowest BCUT2D eigenvalue weighted by molar-refractivity contribution is -0.155. The Labute approximate surface area is 381 Å². The monoisotopic (exact) mass is 888 g/mol. The highest BCUT2D eigenvalue weighted by molar-refractivity contribution is 5.96. The number of urea groups is 1. The first-order valence-electron chi connectivity index (χ1n) is 23.3. The molecule has 2 aromatic carbocycles. The number of likely N-dealkylation sites (N-methyl/N-ethyl adjacent to an activating group) is 1. The van der Waals surface area contributed by atoms with Gasteiger partial charge in [-0.2, -0.15) is 0 Å². The summed E-state index contributed by atoms with van der Waals surface area (Å²) in [4.78, 5) is 79.3. The molecule has 346 valence electrons. The summed E-state index contributed by atoms with van der Waals surface area (Å²) in [5, 5.41) is 16.8. The maximum atomic E-state index is 14.7. The molecule has 15 nitrogen and oxygen atoms in total. The van der Waals surface area contributed by atoms with E-state index in [0.29, 0.717) is 50.9 Å². The summed E-state index contributed by atoms with van der Waals surface area (Å²) >= 11 is 0. The SMILES string of the molecule is CCc1ccncc1-c1c2c3cc(ccc3n1CC)-c1cc(O)cc(c1)C[C@H](NC(=O)[C@H](C(C)C)N(C)C(=O)[C@H]1CCN(C(=O)N3CC3)C1)C(=O)N1CCC[C@H](N1)C(=O)OCC(C)(C)C2. The summed E-state index contributed by atoms with van der Waals surface area (Å²) in [6.07, 6.45) is 6.67. The number of rotatable bonds is 8. The molecule has 0 aliphatic carbocycles. The second-order valence-corrected chi connectivity index (χ2v) is 19.4. The Balaban J connectivity index is 1.17. The molecule has 0 radical (unpaired) electrons. The lowest BCUT2D eigenvalue weighted by Crippen LogP contribution is -2.62. The number of aryl methyl sites for hydroxylation is 2. The van der Waals surface area contributed by atoms with Crippen molar-refractivity contribution in [3.8, 4) is 28.1 Å². The Hall–Kier alpha value is -5.96. The Kier molecular flexibility index (Phi) is 13.0. The van der Waals surface area contributed by atoms with Gasteiger partial charge in [0.2, 0.25) is 11.8 Å². The molecule has 0 spiro atoms. The quantitative estimate of drug-likeness (QED) is 0.152. The summed E-state index contributed by atoms with van der Waals surface area (Å²) in [5.41, 5.74) is 10.3. The molecular weight excluding hydrogens is 825 g/mol. The van der Waals surface area contributed by atoms with Crippen LogP contribution < -0.4 is 10.7 Å². The molecule has 3 N–H and O–H groups in total. The highest BCUT2D eigenvalue weighted by atomic mass is 16.5. The van der Waals surface area contributed by atoms with Gasteiger partial charge in [0.05, 0.1) is 18.2 Å². The zero-order valence-electron chi connectivity index (χ0n) is 38.9. The number of phenolic OH excluding ortho intramolecular Hbond substituents is 1. The predicted molar refractivity (Wildman–Crippen MR) is 247 cm³/mol. The van der Waals surface area contributed by atoms with E-state index in [4.69, 9.17) is 4.74 Å². The van der Waals surface area contributed by atoms with Crippen LogP contribution in [0, 0.1) is 17.3 Å². The minimum Gasteiger partial charge on any atom is -0.508 e. The molecule has 0 unspecified atom stereocenters. The number of benzene rings is 2. The maximum absolute atomic E-state index is 14.7. The molecule has 3 saturated heterocycles. The van der Waals surface area contributed by atoms with E-state index in [1.165, 1.54) is 15.5 Å². The van der Waals surface area contributed by atoms with Gasteiger partial charge in [-0.1, -0.05) is 46.8 Å². The number of hydrogen-bond acceptors (Lipinski definition) is 9. The Morgan fingerprint density at radius 1 is 1.00 bits per heavy atom. The topological polar surface area (TPSA) is 169 Å². The van der Waals surface area contributed by atoms with Gasteiger partial charge in [-0.25, -0.2) is 10.2 Å². The Morgan fingerprint density at radius 2 is 1.78 bits per heavy atom. The molecule has 0 saturated carbocycles. The lowest BCUT2D eigenvalue weighted by Gasteiger charge is -2.37. The largest absolute Gasteiger partial charge is 0.508 e. The number of nitrogens with one attached hydrogen (secondary N) is 2. The number of hydrogen-bond donors (Lipinski definition) is 3. The van der Waals surface area contributed by atoms with Gasteiger partial charge in [-0.3, -0.25) is 29.2 Å². The van der Waals surface area contributed by atoms with Crippen molar-refractivity contribution in [2.24, 2.45) is 17.3 Å². The van der Waals surface area contributed by atoms with Crippen LogP contribution in [-0.2, 0) is 49.7 Å². The third kappa shape index (κ3) is 9.43. The number of amides is 5. The first-order chi connectivity index (χ1) is 31.1. The highest BCUT2D eigenvalue weighted by Crippen LogP contribution is 2.41. The van der Waals surface area contributed by atoms with Gasteiger partial charge < -0.3 is 34.4 Å². The van der Waals surface area contributed by atoms with Crippen LogP contribution in [-0.4, -0.2) is 129 Å². The Morgan fingerprint density at radius 3 is 2.51 bits per heavy atom. The summed E-state index contributed by atoms with van der Waals surface area (Å²) < 4.78 is 8.43. The Bertz CT molecular complexity index is 2490. The van der Waals surface area contributed by atoms with Gasteiger partial charge in [0.15, 0.2) is 0 Å². The van der Waals surface area contributed by atoms with E-state index in [-0.39, 0.29) is 43.2 Å². The van der Waals surface area contributed by atoms with Crippen LogP contribution in [0.15, 0.2) is 54.9 Å². The van der Waals surface area contributed by atoms with E-state index in [2.05, 4.69) is 66.2 Å². The lowest BCUT2D eigenvalue weighted by atomic mass is 9.84. The van der Waals surface area contributed by atoms with Gasteiger partial charge >= 0.3 is 12.0 Å². The number of pyridine rings is 1. The molecule has 5 amide bonds. The van der Waals surface area contributed by atoms with Crippen LogP contribution in [0.1, 0.15) is 77.5 Å². The first kappa shape index (κ1) is 45.6. The third-order valence-corrected chi connectivity index (χ3v) is 13.6. The summed E-state index contributed by atoms with van der Waals surface area (Å²) in [6, 6.07) is 10.7. The zero-order chi connectivity index (χ0) is 46.3. The van der Waals surface area contributed by atoms with E-state index in [1.54, 1.807) is 29.0 Å². The van der Waals surface area contributed by atoms with Crippen molar-refractivity contribution in [3.63, 3.8) is 0 Å². The first-order valence-corrected chi connectivity index (χ1v) is 23.3. The van der Waals surface area contributed by atoms with Crippen molar-refractivity contribution in [1.82, 2.24) is 40.0 Å².